The molecular weight excluding hydrogens is 214 g/mol. The minimum Gasteiger partial charge on any atom is -0.481 e. The first-order valence-corrected chi connectivity index (χ1v) is 4.82. The first-order valence-electron chi connectivity index (χ1n) is 4.82. The van der Waals surface area contributed by atoms with Gasteiger partial charge in [0, 0.05) is 19.2 Å². The highest BCUT2D eigenvalue weighted by Crippen LogP contribution is 2.15. The Morgan fingerprint density at radius 1 is 1.62 bits per heavy atom. The molecule has 1 saturated heterocycles. The van der Waals surface area contributed by atoms with Gasteiger partial charge in [0.15, 0.2) is 5.76 Å². The van der Waals surface area contributed by atoms with Gasteiger partial charge in [0.1, 0.15) is 0 Å². The lowest BCUT2D eigenvalue weighted by atomic mass is 10.0. The number of amides is 2. The Morgan fingerprint density at radius 3 is 2.94 bits per heavy atom. The summed E-state index contributed by atoms with van der Waals surface area (Å²) in [5.74, 6) is -0.737. The Balaban J connectivity index is 1.72. The van der Waals surface area contributed by atoms with Crippen LogP contribution in [0, 0.1) is 5.92 Å². The van der Waals surface area contributed by atoms with Crippen LogP contribution < -0.4 is 5.32 Å². The first kappa shape index (κ1) is 10.5. The summed E-state index contributed by atoms with van der Waals surface area (Å²) in [5.41, 5.74) is 0. The van der Waals surface area contributed by atoms with Crippen molar-refractivity contribution >= 4 is 12.0 Å². The molecule has 1 aliphatic heterocycles. The molecule has 7 nitrogen and oxygen atoms in total. The van der Waals surface area contributed by atoms with Gasteiger partial charge in [0.05, 0.1) is 18.7 Å². The molecule has 86 valence electrons. The van der Waals surface area contributed by atoms with Crippen LogP contribution in [0.25, 0.3) is 0 Å². The number of nitrogens with zero attached hydrogens (tertiary/aromatic N) is 2. The summed E-state index contributed by atoms with van der Waals surface area (Å²) in [7, 11) is 0. The Bertz CT molecular complexity index is 383. The van der Waals surface area contributed by atoms with Crippen LogP contribution in [0.2, 0.25) is 0 Å². The van der Waals surface area contributed by atoms with E-state index < -0.39 is 11.9 Å². The second-order valence-electron chi connectivity index (χ2n) is 3.58. The number of aromatic nitrogens is 1. The quantitative estimate of drug-likeness (QED) is 0.748. The number of aliphatic carboxylic acids is 1. The molecule has 0 radical (unpaired) electrons. The maximum atomic E-state index is 11.4. The molecule has 0 unspecified atom stereocenters. The van der Waals surface area contributed by atoms with Crippen molar-refractivity contribution in [2.24, 2.45) is 5.92 Å². The molecule has 1 aromatic rings. The largest absolute Gasteiger partial charge is 0.481 e. The van der Waals surface area contributed by atoms with Crippen molar-refractivity contribution in [2.45, 2.75) is 6.54 Å². The van der Waals surface area contributed by atoms with Gasteiger partial charge in [-0.3, -0.25) is 4.79 Å². The summed E-state index contributed by atoms with van der Waals surface area (Å²) < 4.78 is 4.80. The highest BCUT2D eigenvalue weighted by molar-refractivity contribution is 5.79. The summed E-state index contributed by atoms with van der Waals surface area (Å²) >= 11 is 0. The number of rotatable bonds is 3. The summed E-state index contributed by atoms with van der Waals surface area (Å²) in [4.78, 5) is 23.4. The van der Waals surface area contributed by atoms with Gasteiger partial charge < -0.3 is 19.8 Å². The lowest BCUT2D eigenvalue weighted by Gasteiger charge is -2.36. The number of likely N-dealkylation sites (tertiary alicyclic amines) is 1. The molecular formula is C9H11N3O4. The third kappa shape index (κ3) is 2.13. The number of urea groups is 1. The zero-order valence-electron chi connectivity index (χ0n) is 8.42. The van der Waals surface area contributed by atoms with Gasteiger partial charge in [-0.15, -0.1) is 0 Å². The maximum Gasteiger partial charge on any atom is 0.317 e. The Morgan fingerprint density at radius 2 is 2.38 bits per heavy atom. The van der Waals surface area contributed by atoms with Gasteiger partial charge in [-0.1, -0.05) is 5.16 Å². The van der Waals surface area contributed by atoms with Crippen LogP contribution in [0.5, 0.6) is 0 Å². The fourth-order valence-corrected chi connectivity index (χ4v) is 1.41. The summed E-state index contributed by atoms with van der Waals surface area (Å²) in [5, 5.41) is 14.7. The van der Waals surface area contributed by atoms with Crippen molar-refractivity contribution in [2.75, 3.05) is 13.1 Å². The van der Waals surface area contributed by atoms with Crippen LogP contribution in [0.4, 0.5) is 4.79 Å². The molecule has 2 amide bonds. The van der Waals surface area contributed by atoms with Gasteiger partial charge in [0.25, 0.3) is 0 Å². The third-order valence-corrected chi connectivity index (χ3v) is 2.42. The molecule has 1 fully saturated rings. The summed E-state index contributed by atoms with van der Waals surface area (Å²) in [6.45, 7) is 0.780. The molecule has 0 saturated carbocycles. The van der Waals surface area contributed by atoms with E-state index in [1.54, 1.807) is 6.07 Å². The smallest absolute Gasteiger partial charge is 0.317 e. The Hall–Kier alpha value is -2.05. The molecule has 0 bridgehead atoms. The van der Waals surface area contributed by atoms with Crippen molar-refractivity contribution in [1.82, 2.24) is 15.4 Å². The molecule has 0 aliphatic carbocycles. The summed E-state index contributed by atoms with van der Waals surface area (Å²) in [6.07, 6.45) is 1.49. The van der Waals surface area contributed by atoms with Crippen LogP contribution in [0.3, 0.4) is 0 Å². The van der Waals surface area contributed by atoms with E-state index in [0.717, 1.165) is 0 Å². The van der Waals surface area contributed by atoms with Crippen LogP contribution in [-0.4, -0.2) is 40.3 Å². The fourth-order valence-electron chi connectivity index (χ4n) is 1.41. The molecule has 1 aliphatic rings. The minimum atomic E-state index is -0.862. The Labute approximate surface area is 91.0 Å². The monoisotopic (exact) mass is 225 g/mol. The second-order valence-corrected chi connectivity index (χ2v) is 3.58. The average molecular weight is 225 g/mol. The second kappa shape index (κ2) is 4.21. The van der Waals surface area contributed by atoms with Gasteiger partial charge in [-0.25, -0.2) is 4.79 Å². The van der Waals surface area contributed by atoms with E-state index in [2.05, 4.69) is 10.5 Å². The number of nitrogens with one attached hydrogen (secondary N) is 1. The van der Waals surface area contributed by atoms with E-state index in [1.807, 2.05) is 0 Å². The van der Waals surface area contributed by atoms with Crippen LogP contribution in [0.1, 0.15) is 5.76 Å². The highest BCUT2D eigenvalue weighted by Gasteiger charge is 2.35. The van der Waals surface area contributed by atoms with E-state index in [-0.39, 0.29) is 25.7 Å². The van der Waals surface area contributed by atoms with Gasteiger partial charge in [-0.2, -0.15) is 0 Å². The van der Waals surface area contributed by atoms with E-state index >= 15 is 0 Å². The standard InChI is InChI=1S/C9H11N3O4/c13-8(14)6-4-12(5-6)9(15)10-3-7-1-2-11-16-7/h1-2,6H,3-5H2,(H,10,15)(H,13,14). The average Bonchev–Trinajstić information content (AvgIpc) is 2.63. The molecule has 7 heteroatoms. The SMILES string of the molecule is O=C(O)C1CN(C(=O)NCc2ccno2)C1. The number of hydrogen-bond acceptors (Lipinski definition) is 4. The minimum absolute atomic E-state index is 0.257. The van der Waals surface area contributed by atoms with Crippen molar-refractivity contribution in [3.8, 4) is 0 Å². The summed E-state index contributed by atoms with van der Waals surface area (Å²) in [6, 6.07) is 1.37. The van der Waals surface area contributed by atoms with E-state index in [9.17, 15) is 9.59 Å². The van der Waals surface area contributed by atoms with E-state index in [4.69, 9.17) is 9.63 Å². The molecule has 2 heterocycles. The number of hydrogen-bond donors (Lipinski definition) is 2. The lowest BCUT2D eigenvalue weighted by Crippen LogP contribution is -2.56. The third-order valence-electron chi connectivity index (χ3n) is 2.42. The van der Waals surface area contributed by atoms with Crippen molar-refractivity contribution in [3.05, 3.63) is 18.0 Å². The zero-order valence-corrected chi connectivity index (χ0v) is 8.42. The maximum absolute atomic E-state index is 11.4. The first-order chi connectivity index (χ1) is 7.66. The number of carboxylic acids is 1. The van der Waals surface area contributed by atoms with Crippen molar-refractivity contribution in [1.29, 1.82) is 0 Å². The number of carbonyl (C=O) groups excluding carboxylic acids is 1. The van der Waals surface area contributed by atoms with Crippen molar-refractivity contribution in [3.63, 3.8) is 0 Å². The molecule has 2 N–H and O–H groups in total. The number of carboxylic acid groups (broad SMARTS) is 1. The number of carbonyl (C=O) groups is 2. The molecule has 0 atom stereocenters. The highest BCUT2D eigenvalue weighted by atomic mass is 16.5. The molecule has 2 rings (SSSR count). The molecule has 16 heavy (non-hydrogen) atoms. The molecule has 0 aromatic carbocycles. The Kier molecular flexibility index (Phi) is 2.76. The van der Waals surface area contributed by atoms with Gasteiger partial charge >= 0.3 is 12.0 Å². The topological polar surface area (TPSA) is 95.7 Å². The van der Waals surface area contributed by atoms with E-state index in [0.29, 0.717) is 5.76 Å². The normalized spacial score (nSPS) is 15.6. The predicted octanol–water partition coefficient (Wildman–Crippen LogP) is -0.0994. The molecule has 0 spiro atoms. The van der Waals surface area contributed by atoms with Crippen molar-refractivity contribution < 1.29 is 19.2 Å². The van der Waals surface area contributed by atoms with Crippen LogP contribution in [0.15, 0.2) is 16.8 Å². The zero-order chi connectivity index (χ0) is 11.5. The fraction of sp³-hybridized carbons (Fsp3) is 0.444. The predicted molar refractivity (Wildman–Crippen MR) is 51.4 cm³/mol. The van der Waals surface area contributed by atoms with Gasteiger partial charge in [0.2, 0.25) is 0 Å². The lowest BCUT2D eigenvalue weighted by molar-refractivity contribution is -0.146. The van der Waals surface area contributed by atoms with Crippen LogP contribution in [-0.2, 0) is 11.3 Å². The molecule has 1 aromatic heterocycles. The van der Waals surface area contributed by atoms with E-state index in [1.165, 1.54) is 11.1 Å². The van der Waals surface area contributed by atoms with Crippen LogP contribution >= 0.6 is 0 Å². The van der Waals surface area contributed by atoms with Gasteiger partial charge in [-0.05, 0) is 0 Å².